The number of hydrogen-bond acceptors (Lipinski definition) is 4. The molecule has 7 nitrogen and oxygen atoms in total. The van der Waals surface area contributed by atoms with Gasteiger partial charge in [0.1, 0.15) is 11.5 Å². The number of halogens is 1. The van der Waals surface area contributed by atoms with E-state index in [1.54, 1.807) is 30.6 Å². The van der Waals surface area contributed by atoms with Crippen molar-refractivity contribution < 1.29 is 14.0 Å². The zero-order valence-electron chi connectivity index (χ0n) is 12.3. The summed E-state index contributed by atoms with van der Waals surface area (Å²) in [5.41, 5.74) is 5.12. The smallest absolute Gasteiger partial charge is 0.274 e. The Balaban J connectivity index is 1.83. The van der Waals surface area contributed by atoms with Crippen LogP contribution >= 0.6 is 0 Å². The quantitative estimate of drug-likeness (QED) is 0.763. The van der Waals surface area contributed by atoms with Crippen LogP contribution in [-0.4, -0.2) is 26.6 Å². The summed E-state index contributed by atoms with van der Waals surface area (Å²) in [6.45, 7) is 0. The first-order chi connectivity index (χ1) is 11.5. The Bertz CT molecular complexity index is 909. The van der Waals surface area contributed by atoms with Crippen LogP contribution in [0.15, 0.2) is 54.9 Å². The molecule has 0 spiro atoms. The lowest BCUT2D eigenvalue weighted by Gasteiger charge is -2.08. The van der Waals surface area contributed by atoms with Gasteiger partial charge in [0.2, 0.25) is 5.91 Å². The van der Waals surface area contributed by atoms with Crippen LogP contribution in [-0.2, 0) is 0 Å². The van der Waals surface area contributed by atoms with E-state index in [1.165, 1.54) is 22.9 Å². The predicted molar refractivity (Wildman–Crippen MR) is 84.2 cm³/mol. The zero-order valence-corrected chi connectivity index (χ0v) is 12.3. The van der Waals surface area contributed by atoms with E-state index in [0.717, 1.165) is 6.07 Å². The molecule has 0 radical (unpaired) electrons. The van der Waals surface area contributed by atoms with Crippen LogP contribution in [0.4, 0.5) is 10.1 Å². The number of hydrogen-bond donors (Lipinski definition) is 2. The van der Waals surface area contributed by atoms with Gasteiger partial charge in [0.15, 0.2) is 5.82 Å². The summed E-state index contributed by atoms with van der Waals surface area (Å²) in [6.07, 6.45) is 3.27. The van der Waals surface area contributed by atoms with Gasteiger partial charge in [-0.1, -0.05) is 6.07 Å². The van der Waals surface area contributed by atoms with E-state index in [-0.39, 0.29) is 16.9 Å². The summed E-state index contributed by atoms with van der Waals surface area (Å²) in [4.78, 5) is 27.4. The van der Waals surface area contributed by atoms with Crippen LogP contribution in [0.3, 0.4) is 0 Å². The van der Waals surface area contributed by atoms with E-state index in [4.69, 9.17) is 5.73 Å². The minimum atomic E-state index is -0.761. The van der Waals surface area contributed by atoms with Gasteiger partial charge in [-0.25, -0.2) is 14.1 Å². The maximum absolute atomic E-state index is 13.9. The molecule has 24 heavy (non-hydrogen) atoms. The van der Waals surface area contributed by atoms with Crippen LogP contribution in [0.2, 0.25) is 0 Å². The molecule has 0 aliphatic rings. The van der Waals surface area contributed by atoms with Crippen LogP contribution in [0.1, 0.15) is 20.8 Å². The molecule has 1 aromatic carbocycles. The van der Waals surface area contributed by atoms with Crippen LogP contribution < -0.4 is 11.1 Å². The zero-order chi connectivity index (χ0) is 17.1. The number of nitrogens with two attached hydrogens (primary N) is 1. The van der Waals surface area contributed by atoms with Gasteiger partial charge in [-0.2, -0.15) is 5.10 Å². The van der Waals surface area contributed by atoms with Gasteiger partial charge >= 0.3 is 0 Å². The molecule has 2 aromatic heterocycles. The maximum Gasteiger partial charge on any atom is 0.274 e. The van der Waals surface area contributed by atoms with E-state index in [2.05, 4.69) is 15.4 Å². The Morgan fingerprint density at radius 1 is 1.17 bits per heavy atom. The first-order valence-corrected chi connectivity index (χ1v) is 6.92. The molecule has 2 heterocycles. The number of primary amides is 1. The van der Waals surface area contributed by atoms with Crippen molar-refractivity contribution in [1.29, 1.82) is 0 Å². The molecule has 0 fully saturated rings. The van der Waals surface area contributed by atoms with Crippen molar-refractivity contribution in [3.63, 3.8) is 0 Å². The highest BCUT2D eigenvalue weighted by atomic mass is 19.1. The topological polar surface area (TPSA) is 103 Å². The van der Waals surface area contributed by atoms with Crippen molar-refractivity contribution in [2.45, 2.75) is 0 Å². The van der Waals surface area contributed by atoms with E-state index in [0.29, 0.717) is 5.82 Å². The summed E-state index contributed by atoms with van der Waals surface area (Å²) < 4.78 is 15.4. The molecule has 0 saturated carbocycles. The van der Waals surface area contributed by atoms with Gasteiger partial charge in [-0.05, 0) is 36.4 Å². The molecule has 0 bridgehead atoms. The minimum Gasteiger partial charge on any atom is -0.366 e. The fourth-order valence-corrected chi connectivity index (χ4v) is 2.04. The van der Waals surface area contributed by atoms with Gasteiger partial charge < -0.3 is 11.1 Å². The second-order valence-corrected chi connectivity index (χ2v) is 4.84. The summed E-state index contributed by atoms with van der Waals surface area (Å²) in [5.74, 6) is -1.64. The van der Waals surface area contributed by atoms with Crippen LogP contribution in [0.5, 0.6) is 0 Å². The minimum absolute atomic E-state index is 0.0179. The highest BCUT2D eigenvalue weighted by molar-refractivity contribution is 6.03. The SMILES string of the molecule is NC(=O)c1ccc(NC(=O)c2cccc(-n3cccn3)n2)c(F)c1. The van der Waals surface area contributed by atoms with Crippen LogP contribution in [0.25, 0.3) is 5.82 Å². The Morgan fingerprint density at radius 2 is 2.00 bits per heavy atom. The third kappa shape index (κ3) is 3.12. The number of rotatable bonds is 4. The number of carbonyl (C=O) groups excluding carboxylic acids is 2. The Kier molecular flexibility index (Phi) is 4.02. The summed E-state index contributed by atoms with van der Waals surface area (Å²) in [5, 5.41) is 6.44. The number of pyridine rings is 1. The lowest BCUT2D eigenvalue weighted by molar-refractivity contribution is 0.0997. The summed E-state index contributed by atoms with van der Waals surface area (Å²) in [6, 6.07) is 10.1. The highest BCUT2D eigenvalue weighted by Gasteiger charge is 2.13. The Labute approximate surface area is 135 Å². The second kappa shape index (κ2) is 6.29. The molecule has 3 rings (SSSR count). The second-order valence-electron chi connectivity index (χ2n) is 4.84. The fraction of sp³-hybridized carbons (Fsp3) is 0. The molecule has 3 aromatic rings. The molecule has 120 valence electrons. The van der Waals surface area contributed by atoms with E-state index in [9.17, 15) is 14.0 Å². The molecule has 0 aliphatic heterocycles. The third-order valence-electron chi connectivity index (χ3n) is 3.21. The number of benzene rings is 1. The fourth-order valence-electron chi connectivity index (χ4n) is 2.04. The average Bonchev–Trinajstić information content (AvgIpc) is 3.11. The first kappa shape index (κ1) is 15.3. The Hall–Kier alpha value is -3.55. The molecule has 0 unspecified atom stereocenters. The number of carbonyl (C=O) groups is 2. The molecular formula is C16H12FN5O2. The normalized spacial score (nSPS) is 10.4. The summed E-state index contributed by atoms with van der Waals surface area (Å²) in [7, 11) is 0. The first-order valence-electron chi connectivity index (χ1n) is 6.92. The maximum atomic E-state index is 13.9. The standard InChI is InChI=1S/C16H12FN5O2/c17-11-9-10(15(18)23)5-6-12(11)21-16(24)13-3-1-4-14(20-13)22-8-2-7-19-22/h1-9H,(H2,18,23)(H,21,24). The van der Waals surface area contributed by atoms with Crippen molar-refractivity contribution in [3.05, 3.63) is 71.9 Å². The number of anilines is 1. The molecule has 0 saturated heterocycles. The Morgan fingerprint density at radius 3 is 2.67 bits per heavy atom. The average molecular weight is 325 g/mol. The van der Waals surface area contributed by atoms with Gasteiger partial charge in [0.25, 0.3) is 5.91 Å². The van der Waals surface area contributed by atoms with Crippen molar-refractivity contribution in [3.8, 4) is 5.82 Å². The number of nitrogens with zero attached hydrogens (tertiary/aromatic N) is 3. The summed E-state index contributed by atoms with van der Waals surface area (Å²) >= 11 is 0. The molecule has 0 aliphatic carbocycles. The monoisotopic (exact) mass is 325 g/mol. The molecule has 2 amide bonds. The van der Waals surface area contributed by atoms with E-state index in [1.807, 2.05) is 0 Å². The number of aromatic nitrogens is 3. The van der Waals surface area contributed by atoms with Crippen molar-refractivity contribution in [1.82, 2.24) is 14.8 Å². The number of nitrogens with one attached hydrogen (secondary N) is 1. The lowest BCUT2D eigenvalue weighted by atomic mass is 10.2. The van der Waals surface area contributed by atoms with Gasteiger partial charge in [-0.15, -0.1) is 0 Å². The lowest BCUT2D eigenvalue weighted by Crippen LogP contribution is -2.16. The molecule has 0 atom stereocenters. The van der Waals surface area contributed by atoms with Crippen LogP contribution in [0, 0.1) is 5.82 Å². The largest absolute Gasteiger partial charge is 0.366 e. The molecular weight excluding hydrogens is 313 g/mol. The van der Waals surface area contributed by atoms with Crippen molar-refractivity contribution in [2.75, 3.05) is 5.32 Å². The third-order valence-corrected chi connectivity index (χ3v) is 3.21. The van der Waals surface area contributed by atoms with E-state index >= 15 is 0 Å². The van der Waals surface area contributed by atoms with Crippen molar-refractivity contribution >= 4 is 17.5 Å². The van der Waals surface area contributed by atoms with Gasteiger partial charge in [0, 0.05) is 18.0 Å². The predicted octanol–water partition coefficient (Wildman–Crippen LogP) is 1.76. The number of amides is 2. The van der Waals surface area contributed by atoms with Gasteiger partial charge in [0.05, 0.1) is 5.69 Å². The van der Waals surface area contributed by atoms with E-state index < -0.39 is 17.6 Å². The highest BCUT2D eigenvalue weighted by Crippen LogP contribution is 2.16. The molecule has 8 heteroatoms. The molecule has 3 N–H and O–H groups in total. The van der Waals surface area contributed by atoms with Gasteiger partial charge in [-0.3, -0.25) is 9.59 Å². The van der Waals surface area contributed by atoms with Crippen molar-refractivity contribution in [2.24, 2.45) is 5.73 Å².